The lowest BCUT2D eigenvalue weighted by molar-refractivity contribution is -0.0238. The number of fused-ring (bicyclic) bond motifs is 8. The van der Waals surface area contributed by atoms with Gasteiger partial charge in [-0.25, -0.2) is 59.8 Å². The molecule has 0 amide bonds. The molecule has 20 unspecified atom stereocenters. The van der Waals surface area contributed by atoms with E-state index in [0.717, 1.165) is 176 Å². The highest BCUT2D eigenvalue weighted by Gasteiger charge is 2.61. The molecule has 0 bridgehead atoms. The third kappa shape index (κ3) is 15.7. The maximum Gasteiger partial charge on any atom is 0.143 e. The van der Waals surface area contributed by atoms with Crippen LogP contribution in [0, 0.1) is 49.4 Å². The van der Waals surface area contributed by atoms with E-state index in [2.05, 4.69) is 206 Å². The number of hydrogen-bond donors (Lipinski definition) is 13. The van der Waals surface area contributed by atoms with Gasteiger partial charge in [0.1, 0.15) is 94.3 Å². The lowest BCUT2D eigenvalue weighted by Crippen LogP contribution is -2.38. The van der Waals surface area contributed by atoms with Crippen molar-refractivity contribution in [3.05, 3.63) is 245 Å². The van der Waals surface area contributed by atoms with Gasteiger partial charge in [0.2, 0.25) is 0 Å². The molecule has 16 heterocycles. The Morgan fingerprint density at radius 3 is 0.947 bits per heavy atom. The molecule has 15 N–H and O–H groups in total. The van der Waals surface area contributed by atoms with Crippen molar-refractivity contribution in [1.29, 1.82) is 0 Å². The summed E-state index contributed by atoms with van der Waals surface area (Å²) in [6, 6.07) is 40.0. The Morgan fingerprint density at radius 1 is 0.346 bits per heavy atom. The largest absolute Gasteiger partial charge is 0.390 e. The molecule has 4 saturated carbocycles. The van der Waals surface area contributed by atoms with Crippen LogP contribution in [0.5, 0.6) is 0 Å². The van der Waals surface area contributed by atoms with Crippen LogP contribution in [0.25, 0.3) is 87.7 Å². The van der Waals surface area contributed by atoms with Gasteiger partial charge in [-0.15, -0.1) is 0 Å². The van der Waals surface area contributed by atoms with Crippen LogP contribution in [0.1, 0.15) is 145 Å². The first-order valence-corrected chi connectivity index (χ1v) is 48.5. The van der Waals surface area contributed by atoms with E-state index in [1.165, 1.54) is 0 Å². The van der Waals surface area contributed by atoms with Gasteiger partial charge in [-0.2, -0.15) is 0 Å². The molecule has 36 heteroatoms. The summed E-state index contributed by atoms with van der Waals surface area (Å²) < 4.78 is 11.1. The molecular formula is C97H98Br4Cl2N22O8. The number of anilines is 2. The number of nitrogens with one attached hydrogen (secondary N) is 3. The number of hydrogen-bond acceptors (Lipinski definition) is 26. The maximum atomic E-state index is 11.3. The molecule has 4 aliphatic carbocycles. The molecule has 30 nitrogen and oxygen atoms in total. The van der Waals surface area contributed by atoms with Gasteiger partial charge < -0.3 is 86.5 Å². The van der Waals surface area contributed by atoms with E-state index >= 15 is 0 Å². The molecule has 133 heavy (non-hydrogen) atoms. The third-order valence-electron chi connectivity index (χ3n) is 30.5. The average Bonchev–Trinajstić information content (AvgIpc) is 1.56. The van der Waals surface area contributed by atoms with Crippen LogP contribution in [0.15, 0.2) is 189 Å². The molecule has 8 fully saturated rings. The predicted molar refractivity (Wildman–Crippen MR) is 524 cm³/mol. The lowest BCUT2D eigenvalue weighted by atomic mass is 9.80. The zero-order valence-electron chi connectivity index (χ0n) is 73.0. The number of nitrogens with two attached hydrogens (primary N) is 2. The molecular weight excluding hydrogens is 1990 g/mol. The number of benzene rings is 4. The topological polar surface area (TPSA) is 428 Å². The molecule has 16 aromatic rings. The van der Waals surface area contributed by atoms with Crippen molar-refractivity contribution >= 4 is 186 Å². The molecule has 4 aliphatic heterocycles. The highest BCUT2D eigenvalue weighted by atomic mass is 79.9. The van der Waals surface area contributed by atoms with E-state index in [-0.39, 0.29) is 48.3 Å². The van der Waals surface area contributed by atoms with Crippen molar-refractivity contribution in [3.63, 3.8) is 0 Å². The SMILES string of the molecule is Cc1ncnc2c1ccn2C1CC2(CC(c3ccc4cc(Br)c(N)nc4c3)N(C)C2)C(O)C1O.Cc1ncnc2c1ccn2C1CC2(CNC(c3ccc4cc(Br)c(Cl)nc4c3)C2)C(O)C1O.Cc1ncnc2c1ccn2C1CC2(CNC(c3ccc4cc(Br)c(Cl)nc4c3)C2)C(O)C1O.Cc1ncnc2c1ccn2C1CC2(CNC(c3ccc4cc(Br)c(N)nc4c3)C2)C(O)C1O. The van der Waals surface area contributed by atoms with Gasteiger partial charge in [-0.05, 0) is 245 Å². The van der Waals surface area contributed by atoms with Gasteiger partial charge in [-0.1, -0.05) is 71.7 Å². The Bertz CT molecular complexity index is 6800. The Morgan fingerprint density at radius 2 is 0.624 bits per heavy atom. The fraction of sp³-hybridized carbons (Fsp3) is 0.381. The third-order valence-corrected chi connectivity index (χ3v) is 34.0. The quantitative estimate of drug-likeness (QED) is 0.0628. The number of likely N-dealkylation sites (tertiary alicyclic amines) is 1. The van der Waals surface area contributed by atoms with Crippen molar-refractivity contribution < 1.29 is 40.9 Å². The number of nitrogen functional groups attached to an aromatic ring is 2. The van der Waals surface area contributed by atoms with Crippen molar-refractivity contribution in [2.24, 2.45) is 21.7 Å². The second kappa shape index (κ2) is 34.7. The van der Waals surface area contributed by atoms with Gasteiger partial charge in [0.25, 0.3) is 0 Å². The Hall–Kier alpha value is -9.38. The Labute approximate surface area is 807 Å². The minimum absolute atomic E-state index is 0.0604. The molecule has 4 spiro atoms. The second-order valence-electron chi connectivity index (χ2n) is 38.0. The summed E-state index contributed by atoms with van der Waals surface area (Å²) in [5.41, 5.74) is 24.9. The van der Waals surface area contributed by atoms with Crippen LogP contribution in [0.4, 0.5) is 11.6 Å². The molecule has 24 rings (SSSR count). The summed E-state index contributed by atoms with van der Waals surface area (Å²) in [7, 11) is 2.08. The summed E-state index contributed by atoms with van der Waals surface area (Å²) >= 11 is 26.1. The van der Waals surface area contributed by atoms with E-state index < -0.39 is 70.5 Å². The van der Waals surface area contributed by atoms with Gasteiger partial charge in [0.05, 0.1) is 111 Å². The molecule has 20 atom stereocenters. The summed E-state index contributed by atoms with van der Waals surface area (Å²) in [4.78, 5) is 55.2. The summed E-state index contributed by atoms with van der Waals surface area (Å²) in [5.74, 6) is 0.932. The predicted octanol–water partition coefficient (Wildman–Crippen LogP) is 14.6. The number of aryl methyl sites for hydroxylation is 4. The highest BCUT2D eigenvalue weighted by molar-refractivity contribution is 9.11. The fourth-order valence-corrected chi connectivity index (χ4v) is 25.0. The minimum atomic E-state index is -0.870. The molecule has 686 valence electrons. The zero-order chi connectivity index (χ0) is 92.5. The first-order valence-electron chi connectivity index (χ1n) is 44.6. The van der Waals surface area contributed by atoms with Crippen LogP contribution in [-0.2, 0) is 0 Å². The zero-order valence-corrected chi connectivity index (χ0v) is 80.8. The summed E-state index contributed by atoms with van der Waals surface area (Å²) in [5, 5.41) is 109. The van der Waals surface area contributed by atoms with E-state index in [4.69, 9.17) is 34.7 Å². The van der Waals surface area contributed by atoms with Crippen LogP contribution in [0.3, 0.4) is 0 Å². The minimum Gasteiger partial charge on any atom is -0.390 e. The molecule has 8 aliphatic rings. The lowest BCUT2D eigenvalue weighted by Gasteiger charge is -2.27. The number of aliphatic hydroxyl groups is 8. The number of halogens is 6. The molecule has 4 aromatic carbocycles. The smallest absolute Gasteiger partial charge is 0.143 e. The van der Waals surface area contributed by atoms with Crippen molar-refractivity contribution in [2.45, 2.75) is 176 Å². The van der Waals surface area contributed by atoms with Crippen LogP contribution >= 0.6 is 86.9 Å². The van der Waals surface area contributed by atoms with Crippen LogP contribution in [0.2, 0.25) is 10.3 Å². The number of pyridine rings is 4. The standard InChI is InChI=1S/C25H27BrN6O2.2C24H23BrClN5O2.C24H25BrN6O2/c1-13-16-5-6-32(24(16)29-12-28-13)20-10-25(22(34)21(20)33)9-19(31(2)11-25)15-4-3-14-7-17(26)23(27)30-18(14)8-15;3*1-12-15-4-5-31(23(15)29-11-28-12)19-9-24(21(33)20(19)32)8-18(27-10-24)14-3-2-13-6-16(25)22(26)30-17(13)7-14/h3-8,12,19-22,33-34H,9-11H2,1-2H3,(H2,27,30);2*2-7,11,18-21,27,32-33H,8-10H2,1H3;2-7,11,18-21,27,32-33H,8-10H2,1H3,(H2,26,30). The van der Waals surface area contributed by atoms with Crippen molar-refractivity contribution in [2.75, 3.05) is 44.7 Å². The maximum absolute atomic E-state index is 11.3. The highest BCUT2D eigenvalue weighted by Crippen LogP contribution is 2.59. The molecule has 12 aromatic heterocycles. The number of rotatable bonds is 8. The monoisotopic (exact) mass is 2080 g/mol. The average molecular weight is 2090 g/mol. The van der Waals surface area contributed by atoms with Crippen LogP contribution in [-0.4, -0.2) is 206 Å². The first-order chi connectivity index (χ1) is 63.8. The summed E-state index contributed by atoms with van der Waals surface area (Å²) in [6.07, 6.45) is 12.8. The molecule has 0 radical (unpaired) electrons. The van der Waals surface area contributed by atoms with Crippen molar-refractivity contribution in [3.8, 4) is 0 Å². The van der Waals surface area contributed by atoms with Crippen LogP contribution < -0.4 is 27.4 Å². The van der Waals surface area contributed by atoms with Gasteiger partial charge in [0.15, 0.2) is 0 Å². The summed E-state index contributed by atoms with van der Waals surface area (Å²) in [6.45, 7) is 10.4. The fourth-order valence-electron chi connectivity index (χ4n) is 23.3. The van der Waals surface area contributed by atoms with E-state index in [0.29, 0.717) is 73.8 Å². The normalized spacial score (nSPS) is 29.6. The number of nitrogens with zero attached hydrogens (tertiary/aromatic N) is 17. The molecule has 4 saturated heterocycles. The first kappa shape index (κ1) is 90.1. The van der Waals surface area contributed by atoms with Gasteiger partial charge in [-0.3, -0.25) is 4.90 Å². The van der Waals surface area contributed by atoms with E-state index in [1.807, 2.05) is 137 Å². The second-order valence-corrected chi connectivity index (χ2v) is 42.2. The Kier molecular flexibility index (Phi) is 23.5. The van der Waals surface area contributed by atoms with Crippen molar-refractivity contribution in [1.82, 2.24) is 98.9 Å². The van der Waals surface area contributed by atoms with E-state index in [1.54, 1.807) is 25.3 Å². The van der Waals surface area contributed by atoms with Gasteiger partial charge in [0, 0.05) is 140 Å². The number of aliphatic hydroxyl groups excluding tert-OH is 8. The van der Waals surface area contributed by atoms with Gasteiger partial charge >= 0.3 is 0 Å². The Balaban J connectivity index is 0.000000107. The number of aromatic nitrogens is 16. The van der Waals surface area contributed by atoms with E-state index in [9.17, 15) is 40.9 Å².